The Kier molecular flexibility index (Phi) is 10.4. The first-order valence-electron chi connectivity index (χ1n) is 11.4. The minimum atomic E-state index is -1.51. The third-order valence-corrected chi connectivity index (χ3v) is 5.89. The van der Waals surface area contributed by atoms with E-state index in [1.54, 1.807) is 31.2 Å². The number of ether oxygens (including phenoxy) is 3. The van der Waals surface area contributed by atoms with Crippen molar-refractivity contribution in [3.05, 3.63) is 64.7 Å². The smallest absolute Gasteiger partial charge is 0.337 e. The highest BCUT2D eigenvalue weighted by Crippen LogP contribution is 2.34. The van der Waals surface area contributed by atoms with E-state index in [1.165, 1.54) is 14.2 Å². The van der Waals surface area contributed by atoms with Crippen LogP contribution in [0.1, 0.15) is 51.6 Å². The summed E-state index contributed by atoms with van der Waals surface area (Å²) in [5.74, 6) is -0.691. The van der Waals surface area contributed by atoms with Gasteiger partial charge in [-0.25, -0.2) is 9.59 Å². The Balaban J connectivity index is 2.10. The highest BCUT2D eigenvalue weighted by Gasteiger charge is 2.42. The Labute approximate surface area is 206 Å². The highest BCUT2D eigenvalue weighted by atomic mass is 16.5. The Hall–Kier alpha value is -3.70. The van der Waals surface area contributed by atoms with Crippen LogP contribution in [0.15, 0.2) is 42.5 Å². The number of hydrogen-bond acceptors (Lipinski definition) is 8. The third kappa shape index (κ3) is 6.90. The number of rotatable bonds is 13. The molecule has 2 rings (SSSR count). The van der Waals surface area contributed by atoms with Crippen molar-refractivity contribution in [2.45, 2.75) is 31.6 Å². The van der Waals surface area contributed by atoms with E-state index in [1.807, 2.05) is 25.2 Å². The Morgan fingerprint density at radius 2 is 1.91 bits per heavy atom. The monoisotopic (exact) mass is 480 g/mol. The molecule has 1 unspecified atom stereocenters. The summed E-state index contributed by atoms with van der Waals surface area (Å²) < 4.78 is 15.3. The summed E-state index contributed by atoms with van der Waals surface area (Å²) in [5, 5.41) is 10.1. The van der Waals surface area contributed by atoms with Crippen molar-refractivity contribution in [1.82, 2.24) is 4.90 Å². The molecule has 0 spiro atoms. The second kappa shape index (κ2) is 13.3. The zero-order valence-corrected chi connectivity index (χ0v) is 20.7. The number of esters is 2. The number of methoxy groups -OCH3 is 2. The minimum Gasteiger partial charge on any atom is -0.496 e. The quantitative estimate of drug-likeness (QED) is 0.316. The number of benzene rings is 2. The van der Waals surface area contributed by atoms with Crippen LogP contribution < -0.4 is 4.74 Å². The SMILES string of the molecule is CCOC(=O)C(C#N)(CCCN(C)CCc1cccc(C(=O)OC)c1)c1ccc(C=O)c(OC)c1. The van der Waals surface area contributed by atoms with E-state index in [4.69, 9.17) is 14.2 Å². The zero-order chi connectivity index (χ0) is 25.8. The molecule has 8 nitrogen and oxygen atoms in total. The molecule has 1 atom stereocenters. The van der Waals surface area contributed by atoms with Gasteiger partial charge in [-0.1, -0.05) is 18.2 Å². The predicted molar refractivity (Wildman–Crippen MR) is 131 cm³/mol. The second-order valence-corrected chi connectivity index (χ2v) is 8.16. The predicted octanol–water partition coefficient (Wildman–Crippen LogP) is 3.57. The topological polar surface area (TPSA) is 106 Å². The molecule has 0 saturated heterocycles. The lowest BCUT2D eigenvalue weighted by Crippen LogP contribution is -2.37. The fourth-order valence-corrected chi connectivity index (χ4v) is 3.88. The molecular formula is C27H32N2O6. The summed E-state index contributed by atoms with van der Waals surface area (Å²) >= 11 is 0. The van der Waals surface area contributed by atoms with Gasteiger partial charge >= 0.3 is 11.9 Å². The van der Waals surface area contributed by atoms with Crippen LogP contribution in [-0.2, 0) is 26.1 Å². The minimum absolute atomic E-state index is 0.149. The molecule has 0 aliphatic rings. The molecular weight excluding hydrogens is 448 g/mol. The molecule has 0 aliphatic carbocycles. The summed E-state index contributed by atoms with van der Waals surface area (Å²) in [4.78, 5) is 38.1. The summed E-state index contributed by atoms with van der Waals surface area (Å²) in [5.41, 5.74) is 0.781. The maximum atomic E-state index is 12.9. The van der Waals surface area contributed by atoms with Crippen LogP contribution in [0.25, 0.3) is 0 Å². The van der Waals surface area contributed by atoms with Gasteiger partial charge in [0, 0.05) is 6.54 Å². The molecule has 0 radical (unpaired) electrons. The second-order valence-electron chi connectivity index (χ2n) is 8.16. The van der Waals surface area contributed by atoms with Crippen LogP contribution in [0.4, 0.5) is 0 Å². The summed E-state index contributed by atoms with van der Waals surface area (Å²) in [7, 11) is 4.75. The van der Waals surface area contributed by atoms with E-state index in [9.17, 15) is 19.6 Å². The van der Waals surface area contributed by atoms with Gasteiger partial charge in [-0.3, -0.25) is 4.79 Å². The van der Waals surface area contributed by atoms with E-state index < -0.39 is 11.4 Å². The normalized spacial score (nSPS) is 12.3. The van der Waals surface area contributed by atoms with Crippen molar-refractivity contribution in [2.24, 2.45) is 0 Å². The molecule has 35 heavy (non-hydrogen) atoms. The summed E-state index contributed by atoms with van der Waals surface area (Å²) in [6.45, 7) is 3.21. The van der Waals surface area contributed by atoms with Gasteiger partial charge in [0.1, 0.15) is 5.75 Å². The summed E-state index contributed by atoms with van der Waals surface area (Å²) in [6.07, 6.45) is 2.20. The lowest BCUT2D eigenvalue weighted by molar-refractivity contribution is -0.148. The molecule has 0 aliphatic heterocycles. The molecule has 0 fully saturated rings. The lowest BCUT2D eigenvalue weighted by Gasteiger charge is -2.26. The van der Waals surface area contributed by atoms with Gasteiger partial charge in [-0.2, -0.15) is 5.26 Å². The molecule has 0 saturated carbocycles. The number of nitriles is 1. The fourth-order valence-electron chi connectivity index (χ4n) is 3.88. The average Bonchev–Trinajstić information content (AvgIpc) is 2.89. The molecule has 0 N–H and O–H groups in total. The first-order chi connectivity index (χ1) is 16.8. The van der Waals surface area contributed by atoms with Crippen LogP contribution in [-0.4, -0.2) is 64.1 Å². The van der Waals surface area contributed by atoms with Crippen LogP contribution >= 0.6 is 0 Å². The van der Waals surface area contributed by atoms with Gasteiger partial charge in [0.05, 0.1) is 38.0 Å². The lowest BCUT2D eigenvalue weighted by atomic mass is 9.77. The van der Waals surface area contributed by atoms with Crippen LogP contribution in [0, 0.1) is 11.3 Å². The van der Waals surface area contributed by atoms with Gasteiger partial charge < -0.3 is 19.1 Å². The van der Waals surface area contributed by atoms with Crippen molar-refractivity contribution < 1.29 is 28.6 Å². The van der Waals surface area contributed by atoms with Gasteiger partial charge in [-0.05, 0) is 75.2 Å². The zero-order valence-electron chi connectivity index (χ0n) is 20.7. The first-order valence-corrected chi connectivity index (χ1v) is 11.4. The molecule has 2 aromatic carbocycles. The Morgan fingerprint density at radius 3 is 2.54 bits per heavy atom. The average molecular weight is 481 g/mol. The fraction of sp³-hybridized carbons (Fsp3) is 0.407. The van der Waals surface area contributed by atoms with Crippen molar-refractivity contribution in [3.63, 3.8) is 0 Å². The van der Waals surface area contributed by atoms with Crippen molar-refractivity contribution in [1.29, 1.82) is 5.26 Å². The van der Waals surface area contributed by atoms with E-state index in [2.05, 4.69) is 11.0 Å². The Morgan fingerprint density at radius 1 is 1.14 bits per heavy atom. The van der Waals surface area contributed by atoms with Crippen molar-refractivity contribution >= 4 is 18.2 Å². The molecule has 0 bridgehead atoms. The van der Waals surface area contributed by atoms with Gasteiger partial charge in [-0.15, -0.1) is 0 Å². The maximum absolute atomic E-state index is 12.9. The largest absolute Gasteiger partial charge is 0.496 e. The van der Waals surface area contributed by atoms with Crippen molar-refractivity contribution in [3.8, 4) is 11.8 Å². The summed E-state index contributed by atoms with van der Waals surface area (Å²) in [6, 6.07) is 14.2. The van der Waals surface area contributed by atoms with Gasteiger partial charge in [0.15, 0.2) is 11.7 Å². The molecule has 2 aromatic rings. The third-order valence-electron chi connectivity index (χ3n) is 5.89. The van der Waals surface area contributed by atoms with Gasteiger partial charge in [0.25, 0.3) is 0 Å². The molecule has 0 aromatic heterocycles. The molecule has 8 heteroatoms. The number of carbonyl (C=O) groups excluding carboxylic acids is 3. The van der Waals surface area contributed by atoms with Gasteiger partial charge in [0.2, 0.25) is 0 Å². The molecule has 186 valence electrons. The van der Waals surface area contributed by atoms with Crippen LogP contribution in [0.3, 0.4) is 0 Å². The number of hydrogen-bond donors (Lipinski definition) is 0. The standard InChI is InChI=1S/C27H32N2O6/c1-5-35-26(32)27(19-28,23-11-10-22(18-30)24(17-23)33-3)13-7-14-29(2)15-12-20-8-6-9-21(16-20)25(31)34-4/h6,8-11,16-18H,5,7,12-15H2,1-4H3. The van der Waals surface area contributed by atoms with E-state index in [0.29, 0.717) is 41.7 Å². The number of nitrogens with zero attached hydrogens (tertiary/aromatic N) is 2. The number of likely N-dealkylation sites (N-methyl/N-ethyl adjacent to an activating group) is 1. The maximum Gasteiger partial charge on any atom is 0.337 e. The molecule has 0 heterocycles. The van der Waals surface area contributed by atoms with E-state index in [-0.39, 0.29) is 19.0 Å². The highest BCUT2D eigenvalue weighted by molar-refractivity contribution is 5.89. The first kappa shape index (κ1) is 27.5. The van der Waals surface area contributed by atoms with E-state index in [0.717, 1.165) is 18.5 Å². The molecule has 0 amide bonds. The van der Waals surface area contributed by atoms with E-state index >= 15 is 0 Å². The van der Waals surface area contributed by atoms with Crippen LogP contribution in [0.5, 0.6) is 5.75 Å². The van der Waals surface area contributed by atoms with Crippen molar-refractivity contribution in [2.75, 3.05) is 41.0 Å². The number of carbonyl (C=O) groups is 3. The number of aldehydes is 1. The van der Waals surface area contributed by atoms with Crippen LogP contribution in [0.2, 0.25) is 0 Å². The Bertz CT molecular complexity index is 1080.